The average molecular weight is 291 g/mol. The number of benzene rings is 1. The molecule has 0 saturated heterocycles. The number of hydrogen-bond donors (Lipinski definition) is 1. The van der Waals surface area contributed by atoms with Gasteiger partial charge in [-0.2, -0.15) is 0 Å². The maximum absolute atomic E-state index is 11.0. The monoisotopic (exact) mass is 290 g/mol. The summed E-state index contributed by atoms with van der Waals surface area (Å²) in [5.41, 5.74) is 0. The first-order valence-electron chi connectivity index (χ1n) is 2.79. The molecule has 0 bridgehead atoms. The van der Waals surface area contributed by atoms with Crippen LogP contribution in [-0.2, 0) is 3.74 Å². The zero-order chi connectivity index (χ0) is 8.48. The van der Waals surface area contributed by atoms with Crippen molar-refractivity contribution < 1.29 is 19.8 Å². The standard InChI is InChI=1S/C6H5AsCl2O2.2H2O/c8-7(9,11)5-1-3-6(10)4-2-5;;/h1-4,10H;2*1H2. The SMILES string of the molecule is O.O.O=[As](Cl)(Cl)c1ccc(O)cc1. The molecular formula is C6H9AsCl2O4. The number of hydrogen-bond acceptors (Lipinski definition) is 2. The van der Waals surface area contributed by atoms with Gasteiger partial charge in [0.2, 0.25) is 0 Å². The second-order valence-corrected chi connectivity index (χ2v) is 10.8. The van der Waals surface area contributed by atoms with Crippen LogP contribution < -0.4 is 4.35 Å². The van der Waals surface area contributed by atoms with Crippen molar-refractivity contribution in [2.24, 2.45) is 0 Å². The molecule has 0 saturated carbocycles. The molecule has 0 spiro atoms. The molecular weight excluding hydrogens is 282 g/mol. The Kier molecular flexibility index (Phi) is 6.59. The minimum absolute atomic E-state index is 0. The van der Waals surface area contributed by atoms with Crippen LogP contribution in [0.25, 0.3) is 0 Å². The van der Waals surface area contributed by atoms with E-state index >= 15 is 0 Å². The topological polar surface area (TPSA) is 100 Å². The van der Waals surface area contributed by atoms with E-state index in [1.807, 2.05) is 0 Å². The van der Waals surface area contributed by atoms with Crippen molar-refractivity contribution in [2.75, 3.05) is 0 Å². The van der Waals surface area contributed by atoms with Crippen LogP contribution in [0.15, 0.2) is 24.3 Å². The van der Waals surface area contributed by atoms with Gasteiger partial charge >= 0.3 is 74.7 Å². The first-order chi connectivity index (χ1) is 5.00. The number of aromatic hydroxyl groups is 1. The maximum atomic E-state index is 11.0. The summed E-state index contributed by atoms with van der Waals surface area (Å²) in [4.78, 5) is 0. The molecule has 76 valence electrons. The van der Waals surface area contributed by atoms with Crippen LogP contribution in [-0.4, -0.2) is 27.7 Å². The molecule has 0 amide bonds. The van der Waals surface area contributed by atoms with Gasteiger partial charge in [-0.25, -0.2) is 0 Å². The quantitative estimate of drug-likeness (QED) is 0.724. The third-order valence-corrected chi connectivity index (χ3v) is 5.07. The summed E-state index contributed by atoms with van der Waals surface area (Å²) in [5.74, 6) is 0.103. The van der Waals surface area contributed by atoms with Crippen LogP contribution in [0.3, 0.4) is 0 Å². The van der Waals surface area contributed by atoms with E-state index in [0.29, 0.717) is 4.35 Å². The van der Waals surface area contributed by atoms with Gasteiger partial charge in [-0.05, 0) is 0 Å². The van der Waals surface area contributed by atoms with Crippen LogP contribution in [0.1, 0.15) is 0 Å². The Labute approximate surface area is 85.7 Å². The van der Waals surface area contributed by atoms with Crippen molar-refractivity contribution >= 4 is 35.9 Å². The molecule has 0 aromatic heterocycles. The summed E-state index contributed by atoms with van der Waals surface area (Å²) in [6.45, 7) is 0. The fourth-order valence-electron chi connectivity index (χ4n) is 0.626. The third kappa shape index (κ3) is 4.60. The zero-order valence-corrected chi connectivity index (χ0v) is 9.76. The molecule has 4 nitrogen and oxygen atoms in total. The van der Waals surface area contributed by atoms with Crippen molar-refractivity contribution in [1.82, 2.24) is 0 Å². The van der Waals surface area contributed by atoms with Gasteiger partial charge in [-0.3, -0.25) is 0 Å². The van der Waals surface area contributed by atoms with Crippen LogP contribution in [0, 0.1) is 0 Å². The van der Waals surface area contributed by atoms with Gasteiger partial charge in [0, 0.05) is 0 Å². The molecule has 0 radical (unpaired) electrons. The summed E-state index contributed by atoms with van der Waals surface area (Å²) in [5, 5.41) is 8.85. The predicted molar refractivity (Wildman–Crippen MR) is 53.1 cm³/mol. The second kappa shape index (κ2) is 5.58. The van der Waals surface area contributed by atoms with Crippen molar-refractivity contribution in [2.45, 2.75) is 0 Å². The fourth-order valence-corrected chi connectivity index (χ4v) is 2.84. The van der Waals surface area contributed by atoms with E-state index in [-0.39, 0.29) is 16.7 Å². The van der Waals surface area contributed by atoms with E-state index in [1.54, 1.807) is 0 Å². The van der Waals surface area contributed by atoms with Crippen LogP contribution >= 0.6 is 19.9 Å². The molecule has 1 aromatic rings. The first kappa shape index (κ1) is 15.4. The summed E-state index contributed by atoms with van der Waals surface area (Å²) >= 11 is -3.79. The molecule has 0 fully saturated rings. The van der Waals surface area contributed by atoms with Crippen molar-refractivity contribution in [1.29, 1.82) is 0 Å². The molecule has 1 aromatic carbocycles. The Morgan fingerprint density at radius 2 is 1.46 bits per heavy atom. The first-order valence-corrected chi connectivity index (χ1v) is 9.43. The molecule has 0 aliphatic heterocycles. The third-order valence-electron chi connectivity index (χ3n) is 1.15. The van der Waals surface area contributed by atoms with E-state index in [0.717, 1.165) is 0 Å². The summed E-state index contributed by atoms with van der Waals surface area (Å²) in [6, 6.07) is 5.70. The van der Waals surface area contributed by atoms with Gasteiger partial charge < -0.3 is 11.0 Å². The number of phenolic OH excluding ortho intramolecular Hbond substituents is 1. The number of phenols is 1. The van der Waals surface area contributed by atoms with Crippen molar-refractivity contribution in [3.63, 3.8) is 0 Å². The van der Waals surface area contributed by atoms with Crippen LogP contribution in [0.2, 0.25) is 0 Å². The Hall–Kier alpha value is -0.122. The van der Waals surface area contributed by atoms with Crippen LogP contribution in [0.4, 0.5) is 0 Å². The molecule has 0 unspecified atom stereocenters. The molecule has 0 atom stereocenters. The Morgan fingerprint density at radius 1 is 1.08 bits per heavy atom. The fraction of sp³-hybridized carbons (Fsp3) is 0. The molecule has 0 aliphatic rings. The van der Waals surface area contributed by atoms with Gasteiger partial charge in [-0.15, -0.1) is 0 Å². The van der Waals surface area contributed by atoms with Gasteiger partial charge in [0.05, 0.1) is 0 Å². The summed E-state index contributed by atoms with van der Waals surface area (Å²) in [7, 11) is 10.8. The van der Waals surface area contributed by atoms with Gasteiger partial charge in [0.15, 0.2) is 0 Å². The van der Waals surface area contributed by atoms with E-state index in [9.17, 15) is 3.74 Å². The molecule has 7 heteroatoms. The Balaban J connectivity index is 0. The number of rotatable bonds is 1. The van der Waals surface area contributed by atoms with Gasteiger partial charge in [0.1, 0.15) is 0 Å². The van der Waals surface area contributed by atoms with Crippen LogP contribution in [0.5, 0.6) is 5.75 Å². The Bertz CT molecular complexity index is 294. The van der Waals surface area contributed by atoms with Crippen molar-refractivity contribution in [3.05, 3.63) is 24.3 Å². The zero-order valence-electron chi connectivity index (χ0n) is 6.37. The predicted octanol–water partition coefficient (Wildman–Crippen LogP) is -0.203. The Morgan fingerprint density at radius 3 is 1.77 bits per heavy atom. The van der Waals surface area contributed by atoms with Gasteiger partial charge in [-0.1, -0.05) is 0 Å². The molecule has 13 heavy (non-hydrogen) atoms. The normalized spacial score (nSPS) is 9.69. The molecule has 0 heterocycles. The average Bonchev–Trinajstić information content (AvgIpc) is 1.86. The van der Waals surface area contributed by atoms with E-state index in [1.165, 1.54) is 24.3 Å². The second-order valence-electron chi connectivity index (χ2n) is 1.98. The summed E-state index contributed by atoms with van der Waals surface area (Å²) < 4.78 is 11.4. The van der Waals surface area contributed by atoms with E-state index in [2.05, 4.69) is 0 Å². The van der Waals surface area contributed by atoms with Crippen molar-refractivity contribution in [3.8, 4) is 5.75 Å². The van der Waals surface area contributed by atoms with E-state index < -0.39 is 11.6 Å². The molecule has 5 N–H and O–H groups in total. The molecule has 0 aliphatic carbocycles. The summed E-state index contributed by atoms with van der Waals surface area (Å²) in [6.07, 6.45) is 0. The van der Waals surface area contributed by atoms with Gasteiger partial charge in [0.25, 0.3) is 0 Å². The minimum atomic E-state index is -3.79. The number of halogens is 2. The molecule has 1 rings (SSSR count). The van der Waals surface area contributed by atoms with E-state index in [4.69, 9.17) is 25.0 Å².